The van der Waals surface area contributed by atoms with Crippen LogP contribution < -0.4 is 0 Å². The standard InChI is InChI=1S/C6H7NS3/c1-2-10-6(9-1)5-3-8-4-7-5/h3-4,6H,1-2H2. The molecule has 0 saturated carbocycles. The fraction of sp³-hybridized carbons (Fsp3) is 0.500. The maximum absolute atomic E-state index is 4.28. The molecule has 54 valence electrons. The molecule has 1 aliphatic rings. The van der Waals surface area contributed by atoms with Crippen molar-refractivity contribution in [3.63, 3.8) is 0 Å². The van der Waals surface area contributed by atoms with Gasteiger partial charge in [0.15, 0.2) is 0 Å². The van der Waals surface area contributed by atoms with Crippen LogP contribution in [0.3, 0.4) is 0 Å². The average molecular weight is 189 g/mol. The number of hydrogen-bond donors (Lipinski definition) is 0. The van der Waals surface area contributed by atoms with E-state index in [2.05, 4.69) is 10.4 Å². The van der Waals surface area contributed by atoms with Crippen LogP contribution in [0.25, 0.3) is 0 Å². The lowest BCUT2D eigenvalue weighted by Crippen LogP contribution is -1.81. The summed E-state index contributed by atoms with van der Waals surface area (Å²) in [5, 5.41) is 2.15. The van der Waals surface area contributed by atoms with Crippen LogP contribution in [0.15, 0.2) is 10.9 Å². The van der Waals surface area contributed by atoms with Crippen molar-refractivity contribution in [1.29, 1.82) is 0 Å². The van der Waals surface area contributed by atoms with Gasteiger partial charge in [0.1, 0.15) is 0 Å². The van der Waals surface area contributed by atoms with E-state index < -0.39 is 0 Å². The third kappa shape index (κ3) is 1.33. The van der Waals surface area contributed by atoms with Crippen molar-refractivity contribution in [1.82, 2.24) is 4.98 Å². The van der Waals surface area contributed by atoms with E-state index in [0.717, 1.165) is 0 Å². The van der Waals surface area contributed by atoms with Gasteiger partial charge in [0.05, 0.1) is 15.8 Å². The summed E-state index contributed by atoms with van der Waals surface area (Å²) in [5.41, 5.74) is 3.17. The molecule has 1 aromatic heterocycles. The molecule has 1 aliphatic heterocycles. The topological polar surface area (TPSA) is 12.9 Å². The molecule has 2 heterocycles. The zero-order chi connectivity index (χ0) is 6.81. The normalized spacial score (nSPS) is 20.0. The first-order valence-electron chi connectivity index (χ1n) is 3.08. The maximum Gasteiger partial charge on any atom is 0.0931 e. The number of thioether (sulfide) groups is 2. The Hall–Kier alpha value is 0.330. The Morgan fingerprint density at radius 1 is 1.40 bits per heavy atom. The second-order valence-electron chi connectivity index (χ2n) is 1.99. The lowest BCUT2D eigenvalue weighted by molar-refractivity contribution is 1.22. The van der Waals surface area contributed by atoms with Gasteiger partial charge in [-0.15, -0.1) is 34.9 Å². The molecule has 10 heavy (non-hydrogen) atoms. The third-order valence-electron chi connectivity index (χ3n) is 1.31. The van der Waals surface area contributed by atoms with E-state index in [4.69, 9.17) is 0 Å². The molecule has 1 fully saturated rings. The molecule has 1 aromatic rings. The second-order valence-corrected chi connectivity index (χ2v) is 5.43. The number of thiazole rings is 1. The molecule has 0 radical (unpaired) electrons. The second kappa shape index (κ2) is 3.15. The molecule has 0 spiro atoms. The van der Waals surface area contributed by atoms with Crippen LogP contribution in [0.2, 0.25) is 0 Å². The number of nitrogens with zero attached hydrogens (tertiary/aromatic N) is 1. The highest BCUT2D eigenvalue weighted by molar-refractivity contribution is 8.19. The van der Waals surface area contributed by atoms with Crippen LogP contribution >= 0.6 is 34.9 Å². The molecule has 0 aliphatic carbocycles. The van der Waals surface area contributed by atoms with E-state index in [9.17, 15) is 0 Å². The van der Waals surface area contributed by atoms with Gasteiger partial charge in [-0.2, -0.15) is 0 Å². The van der Waals surface area contributed by atoms with Crippen LogP contribution in [0.4, 0.5) is 0 Å². The Balaban J connectivity index is 2.12. The highest BCUT2D eigenvalue weighted by Gasteiger charge is 2.19. The van der Waals surface area contributed by atoms with Crippen molar-refractivity contribution >= 4 is 34.9 Å². The van der Waals surface area contributed by atoms with E-state index in [1.165, 1.54) is 17.2 Å². The largest absolute Gasteiger partial charge is 0.248 e. The van der Waals surface area contributed by atoms with Gasteiger partial charge in [-0.1, -0.05) is 0 Å². The first kappa shape index (κ1) is 7.00. The van der Waals surface area contributed by atoms with E-state index in [0.29, 0.717) is 4.58 Å². The Bertz CT molecular complexity index is 191. The number of aromatic nitrogens is 1. The summed E-state index contributed by atoms with van der Waals surface area (Å²) in [5.74, 6) is 2.57. The zero-order valence-electron chi connectivity index (χ0n) is 5.32. The quantitative estimate of drug-likeness (QED) is 0.674. The van der Waals surface area contributed by atoms with Crippen molar-refractivity contribution in [2.75, 3.05) is 11.5 Å². The van der Waals surface area contributed by atoms with Gasteiger partial charge in [0.25, 0.3) is 0 Å². The summed E-state index contributed by atoms with van der Waals surface area (Å²) >= 11 is 5.70. The first-order valence-corrected chi connectivity index (χ1v) is 6.12. The van der Waals surface area contributed by atoms with Crippen molar-refractivity contribution in [3.8, 4) is 0 Å². The highest BCUT2D eigenvalue weighted by atomic mass is 32.2. The van der Waals surface area contributed by atoms with Gasteiger partial charge in [0, 0.05) is 16.9 Å². The number of rotatable bonds is 1. The summed E-state index contributed by atoms with van der Waals surface area (Å²) in [7, 11) is 0. The lowest BCUT2D eigenvalue weighted by atomic mass is 10.6. The average Bonchev–Trinajstić information content (AvgIpc) is 2.59. The lowest BCUT2D eigenvalue weighted by Gasteiger charge is -2.00. The Morgan fingerprint density at radius 3 is 2.80 bits per heavy atom. The van der Waals surface area contributed by atoms with Crippen LogP contribution in [0.1, 0.15) is 10.3 Å². The predicted octanol–water partition coefficient (Wildman–Crippen LogP) is 2.62. The maximum atomic E-state index is 4.28. The summed E-state index contributed by atoms with van der Waals surface area (Å²) in [6, 6.07) is 0. The SMILES string of the molecule is c1nc(C2SCCS2)cs1. The molecule has 4 heteroatoms. The van der Waals surface area contributed by atoms with Gasteiger partial charge in [-0.05, 0) is 0 Å². The molecule has 0 bridgehead atoms. The fourth-order valence-electron chi connectivity index (χ4n) is 0.867. The molecule has 2 rings (SSSR count). The molecular formula is C6H7NS3. The molecule has 0 atom stereocenters. The first-order chi connectivity index (χ1) is 4.97. The molecule has 0 aromatic carbocycles. The van der Waals surface area contributed by atoms with E-state index in [1.54, 1.807) is 11.3 Å². The molecule has 0 unspecified atom stereocenters. The van der Waals surface area contributed by atoms with E-state index >= 15 is 0 Å². The Labute approximate surface area is 72.6 Å². The summed E-state index contributed by atoms with van der Waals surface area (Å²) < 4.78 is 0.631. The van der Waals surface area contributed by atoms with Gasteiger partial charge >= 0.3 is 0 Å². The summed E-state index contributed by atoms with van der Waals surface area (Å²) in [6.07, 6.45) is 0. The molecule has 1 saturated heterocycles. The van der Waals surface area contributed by atoms with Crippen molar-refractivity contribution in [3.05, 3.63) is 16.6 Å². The van der Waals surface area contributed by atoms with E-state index in [-0.39, 0.29) is 0 Å². The fourth-order valence-corrected chi connectivity index (χ4v) is 4.38. The summed E-state index contributed by atoms with van der Waals surface area (Å²) in [6.45, 7) is 0. The summed E-state index contributed by atoms with van der Waals surface area (Å²) in [4.78, 5) is 4.28. The predicted molar refractivity (Wildman–Crippen MR) is 49.8 cm³/mol. The van der Waals surface area contributed by atoms with Gasteiger partial charge in [-0.3, -0.25) is 0 Å². The zero-order valence-corrected chi connectivity index (χ0v) is 7.77. The minimum absolute atomic E-state index is 0.631. The van der Waals surface area contributed by atoms with Crippen LogP contribution in [-0.4, -0.2) is 16.5 Å². The smallest absolute Gasteiger partial charge is 0.0931 e. The van der Waals surface area contributed by atoms with Crippen LogP contribution in [0.5, 0.6) is 0 Å². The number of hydrogen-bond acceptors (Lipinski definition) is 4. The Morgan fingerprint density at radius 2 is 2.20 bits per heavy atom. The third-order valence-corrected chi connectivity index (χ3v) is 4.96. The van der Waals surface area contributed by atoms with E-state index in [1.807, 2.05) is 29.0 Å². The van der Waals surface area contributed by atoms with Gasteiger partial charge < -0.3 is 0 Å². The van der Waals surface area contributed by atoms with Crippen molar-refractivity contribution < 1.29 is 0 Å². The molecule has 1 nitrogen and oxygen atoms in total. The minimum Gasteiger partial charge on any atom is -0.248 e. The van der Waals surface area contributed by atoms with Crippen LogP contribution in [-0.2, 0) is 0 Å². The van der Waals surface area contributed by atoms with Gasteiger partial charge in [-0.25, -0.2) is 4.98 Å². The monoisotopic (exact) mass is 189 g/mol. The molecular weight excluding hydrogens is 182 g/mol. The Kier molecular flexibility index (Phi) is 2.21. The van der Waals surface area contributed by atoms with Crippen molar-refractivity contribution in [2.45, 2.75) is 4.58 Å². The van der Waals surface area contributed by atoms with Crippen molar-refractivity contribution in [2.24, 2.45) is 0 Å². The molecule has 0 amide bonds. The minimum atomic E-state index is 0.631. The molecule has 0 N–H and O–H groups in total. The highest BCUT2D eigenvalue weighted by Crippen LogP contribution is 2.44. The van der Waals surface area contributed by atoms with Gasteiger partial charge in [0.2, 0.25) is 0 Å². The van der Waals surface area contributed by atoms with Crippen LogP contribution in [0, 0.1) is 0 Å².